The maximum Gasteiger partial charge on any atom is 0.0955 e. The lowest BCUT2D eigenvalue weighted by Gasteiger charge is -2.15. The molecule has 1 heterocycles. The fourth-order valence-corrected chi connectivity index (χ4v) is 2.26. The molecule has 14 heavy (non-hydrogen) atoms. The average molecular weight is 229 g/mol. The van der Waals surface area contributed by atoms with Crippen LogP contribution in [0.25, 0.3) is 0 Å². The number of hydrogen-bond donors (Lipinski definition) is 1. The number of nitriles is 1. The molecule has 0 amide bonds. The van der Waals surface area contributed by atoms with Gasteiger partial charge < -0.3 is 0 Å². The van der Waals surface area contributed by atoms with Crippen molar-refractivity contribution in [2.45, 2.75) is 32.4 Å². The largest absolute Gasteiger partial charge is 0.294 e. The fraction of sp³-hybridized carbons (Fsp3) is 0.500. The number of nitrogens with one attached hydrogen (secondary N) is 1. The summed E-state index contributed by atoms with van der Waals surface area (Å²) in [5.74, 6) is 0. The normalized spacial score (nSPS) is 14.7. The van der Waals surface area contributed by atoms with Crippen molar-refractivity contribution in [2.75, 3.05) is 0 Å². The molecule has 0 fully saturated rings. The van der Waals surface area contributed by atoms with Crippen LogP contribution in [0.5, 0.6) is 0 Å². The molecular weight excluding hydrogens is 216 g/mol. The first kappa shape index (κ1) is 11.5. The van der Waals surface area contributed by atoms with E-state index >= 15 is 0 Å². The monoisotopic (exact) mass is 228 g/mol. The summed E-state index contributed by atoms with van der Waals surface area (Å²) in [5.41, 5.74) is 0. The van der Waals surface area contributed by atoms with Crippen molar-refractivity contribution in [1.29, 1.82) is 5.26 Å². The van der Waals surface area contributed by atoms with E-state index in [0.29, 0.717) is 0 Å². The van der Waals surface area contributed by atoms with Crippen LogP contribution in [-0.2, 0) is 0 Å². The van der Waals surface area contributed by atoms with Gasteiger partial charge in [-0.1, -0.05) is 18.5 Å². The van der Waals surface area contributed by atoms with Crippen LogP contribution in [0.1, 0.15) is 31.2 Å². The highest BCUT2D eigenvalue weighted by Crippen LogP contribution is 2.26. The maximum atomic E-state index is 8.79. The fourth-order valence-electron chi connectivity index (χ4n) is 1.19. The van der Waals surface area contributed by atoms with Gasteiger partial charge in [0.05, 0.1) is 16.4 Å². The Balaban J connectivity index is 2.58. The highest BCUT2D eigenvalue weighted by atomic mass is 35.5. The van der Waals surface area contributed by atoms with E-state index in [9.17, 15) is 0 Å². The van der Waals surface area contributed by atoms with Crippen LogP contribution in [0.3, 0.4) is 0 Å². The van der Waals surface area contributed by atoms with Gasteiger partial charge in [0.2, 0.25) is 0 Å². The molecule has 1 N–H and O–H groups in total. The Morgan fingerprint density at radius 3 is 2.79 bits per heavy atom. The third kappa shape index (κ3) is 2.98. The zero-order chi connectivity index (χ0) is 10.6. The smallest absolute Gasteiger partial charge is 0.0955 e. The number of halogens is 1. The van der Waals surface area contributed by atoms with Gasteiger partial charge in [0, 0.05) is 10.9 Å². The lowest BCUT2D eigenvalue weighted by Crippen LogP contribution is -2.29. The van der Waals surface area contributed by atoms with Crippen LogP contribution >= 0.6 is 22.9 Å². The molecule has 2 atom stereocenters. The molecule has 0 saturated heterocycles. The molecule has 0 saturated carbocycles. The van der Waals surface area contributed by atoms with E-state index in [4.69, 9.17) is 16.9 Å². The summed E-state index contributed by atoms with van der Waals surface area (Å²) in [6.07, 6.45) is 0.819. The molecule has 4 heteroatoms. The minimum atomic E-state index is -0.0779. The van der Waals surface area contributed by atoms with E-state index in [1.54, 1.807) is 11.3 Å². The first-order valence-corrected chi connectivity index (χ1v) is 5.77. The first-order valence-electron chi connectivity index (χ1n) is 4.58. The summed E-state index contributed by atoms with van der Waals surface area (Å²) in [7, 11) is 0. The predicted octanol–water partition coefficient (Wildman–Crippen LogP) is 3.35. The second-order valence-corrected chi connectivity index (χ2v) is 4.87. The van der Waals surface area contributed by atoms with Crippen LogP contribution in [-0.4, -0.2) is 6.04 Å². The summed E-state index contributed by atoms with van der Waals surface area (Å²) < 4.78 is 0.790. The van der Waals surface area contributed by atoms with E-state index in [0.717, 1.165) is 10.8 Å². The number of hydrogen-bond acceptors (Lipinski definition) is 3. The summed E-state index contributed by atoms with van der Waals surface area (Å²) in [6, 6.07) is 6.21. The van der Waals surface area contributed by atoms with Gasteiger partial charge in [0.15, 0.2) is 0 Å². The van der Waals surface area contributed by atoms with Gasteiger partial charge in [-0.25, -0.2) is 0 Å². The van der Waals surface area contributed by atoms with Crippen molar-refractivity contribution in [3.05, 3.63) is 21.3 Å². The van der Waals surface area contributed by atoms with E-state index < -0.39 is 0 Å². The minimum Gasteiger partial charge on any atom is -0.294 e. The molecule has 0 radical (unpaired) electrons. The lowest BCUT2D eigenvalue weighted by molar-refractivity contribution is 0.514. The molecular formula is C10H13ClN2S. The zero-order valence-corrected chi connectivity index (χ0v) is 9.82. The van der Waals surface area contributed by atoms with Crippen molar-refractivity contribution in [3.63, 3.8) is 0 Å². The third-order valence-electron chi connectivity index (χ3n) is 2.04. The molecule has 0 aromatic carbocycles. The van der Waals surface area contributed by atoms with Crippen molar-refractivity contribution < 1.29 is 0 Å². The molecule has 76 valence electrons. The molecule has 0 aliphatic rings. The number of nitrogens with zero attached hydrogens (tertiary/aromatic N) is 1. The number of thiophene rings is 1. The third-order valence-corrected chi connectivity index (χ3v) is 3.45. The molecule has 1 rings (SSSR count). The van der Waals surface area contributed by atoms with Crippen LogP contribution in [0, 0.1) is 11.3 Å². The highest BCUT2D eigenvalue weighted by molar-refractivity contribution is 7.16. The van der Waals surface area contributed by atoms with Crippen molar-refractivity contribution in [3.8, 4) is 6.07 Å². The molecule has 0 bridgehead atoms. The van der Waals surface area contributed by atoms with Crippen molar-refractivity contribution in [1.82, 2.24) is 5.32 Å². The van der Waals surface area contributed by atoms with Gasteiger partial charge in [-0.2, -0.15) is 5.26 Å². The quantitative estimate of drug-likeness (QED) is 0.858. The zero-order valence-electron chi connectivity index (χ0n) is 8.25. The Hall–Kier alpha value is -0.560. The van der Waals surface area contributed by atoms with Gasteiger partial charge in [-0.3, -0.25) is 5.32 Å². The molecule has 1 aromatic rings. The van der Waals surface area contributed by atoms with E-state index in [2.05, 4.69) is 11.4 Å². The van der Waals surface area contributed by atoms with Gasteiger partial charge in [0.1, 0.15) is 0 Å². The van der Waals surface area contributed by atoms with Crippen LogP contribution < -0.4 is 5.32 Å². The summed E-state index contributed by atoms with van der Waals surface area (Å²) >= 11 is 7.39. The first-order chi connectivity index (χ1) is 6.67. The average Bonchev–Trinajstić information content (AvgIpc) is 2.61. The van der Waals surface area contributed by atoms with Gasteiger partial charge >= 0.3 is 0 Å². The van der Waals surface area contributed by atoms with E-state index in [1.807, 2.05) is 26.0 Å². The maximum absolute atomic E-state index is 8.79. The molecule has 1 aromatic heterocycles. The molecule has 0 spiro atoms. The van der Waals surface area contributed by atoms with Crippen LogP contribution in [0.2, 0.25) is 4.34 Å². The van der Waals surface area contributed by atoms with Gasteiger partial charge in [0.25, 0.3) is 0 Å². The van der Waals surface area contributed by atoms with Gasteiger partial charge in [-0.15, -0.1) is 11.3 Å². The second-order valence-electron chi connectivity index (χ2n) is 3.12. The summed E-state index contributed by atoms with van der Waals surface area (Å²) in [4.78, 5) is 1.17. The van der Waals surface area contributed by atoms with Crippen LogP contribution in [0.4, 0.5) is 0 Å². The topological polar surface area (TPSA) is 35.8 Å². The van der Waals surface area contributed by atoms with Crippen molar-refractivity contribution in [2.24, 2.45) is 0 Å². The molecule has 0 aliphatic carbocycles. The molecule has 2 unspecified atom stereocenters. The summed E-state index contributed by atoms with van der Waals surface area (Å²) in [6.45, 7) is 4.04. The highest BCUT2D eigenvalue weighted by Gasteiger charge is 2.12. The van der Waals surface area contributed by atoms with Crippen molar-refractivity contribution >= 4 is 22.9 Å². The number of rotatable bonds is 4. The SMILES string of the molecule is CCC(C#N)NC(C)c1ccc(Cl)s1. The van der Waals surface area contributed by atoms with E-state index in [1.165, 1.54) is 4.88 Å². The Morgan fingerprint density at radius 1 is 1.64 bits per heavy atom. The Labute approximate surface area is 93.5 Å². The summed E-state index contributed by atoms with van der Waals surface area (Å²) in [5, 5.41) is 12.0. The minimum absolute atomic E-state index is 0.0779. The standard InChI is InChI=1S/C10H13ClN2S/c1-3-8(6-12)13-7(2)9-4-5-10(11)14-9/h4-5,7-8,13H,3H2,1-2H3. The Morgan fingerprint density at radius 2 is 2.36 bits per heavy atom. The molecule has 0 aliphatic heterocycles. The van der Waals surface area contributed by atoms with Gasteiger partial charge in [-0.05, 0) is 25.5 Å². The lowest BCUT2D eigenvalue weighted by atomic mass is 10.2. The van der Waals surface area contributed by atoms with Crippen LogP contribution in [0.15, 0.2) is 12.1 Å². The Bertz CT molecular complexity index is 329. The molecule has 2 nitrogen and oxygen atoms in total. The predicted molar refractivity (Wildman–Crippen MR) is 60.6 cm³/mol. The second kappa shape index (κ2) is 5.35. The van der Waals surface area contributed by atoms with E-state index in [-0.39, 0.29) is 12.1 Å². The Kier molecular flexibility index (Phi) is 4.40.